The van der Waals surface area contributed by atoms with Crippen molar-refractivity contribution in [3.8, 4) is 5.75 Å². The monoisotopic (exact) mass is 494 g/mol. The van der Waals surface area contributed by atoms with Gasteiger partial charge in [0.2, 0.25) is 0 Å². The number of hydrogen-bond acceptors (Lipinski definition) is 5. The molecular formula is C27H34N4O3S. The van der Waals surface area contributed by atoms with Crippen LogP contribution in [0.2, 0.25) is 0 Å². The number of aryl methyl sites for hydroxylation is 2. The minimum Gasteiger partial charge on any atom is -0.497 e. The summed E-state index contributed by atoms with van der Waals surface area (Å²) in [4.78, 5) is 20.6. The van der Waals surface area contributed by atoms with E-state index in [2.05, 4.69) is 39.2 Å². The number of thiocarbonyl (C=S) groups is 1. The second-order valence-corrected chi connectivity index (χ2v) is 9.44. The standard InChI is InChI=1S/C27H34N4O3S/c1-19-15-20(2)25-21(16-19)17-22(26(32)29-25)18-31(10-4-9-30-11-13-34-14-12-30)27(35)28-23-5-7-24(33-3)8-6-23/h5-8,15-17H,4,9-14,18H2,1-3H3,(H,28,35)(H,29,32). The molecule has 1 aliphatic heterocycles. The van der Waals surface area contributed by atoms with E-state index in [1.807, 2.05) is 37.3 Å². The van der Waals surface area contributed by atoms with Crippen LogP contribution in [-0.2, 0) is 11.3 Å². The summed E-state index contributed by atoms with van der Waals surface area (Å²) in [5.74, 6) is 0.789. The third kappa shape index (κ3) is 6.60. The van der Waals surface area contributed by atoms with Crippen LogP contribution in [0.3, 0.4) is 0 Å². The minimum absolute atomic E-state index is 0.0742. The molecule has 2 aromatic carbocycles. The fourth-order valence-corrected chi connectivity index (χ4v) is 4.77. The van der Waals surface area contributed by atoms with E-state index in [-0.39, 0.29) is 5.56 Å². The van der Waals surface area contributed by atoms with Gasteiger partial charge in [-0.2, -0.15) is 0 Å². The summed E-state index contributed by atoms with van der Waals surface area (Å²) in [7, 11) is 1.65. The molecule has 0 amide bonds. The Morgan fingerprint density at radius 1 is 1.17 bits per heavy atom. The molecule has 0 bridgehead atoms. The fraction of sp³-hybridized carbons (Fsp3) is 0.407. The van der Waals surface area contributed by atoms with Gasteiger partial charge < -0.3 is 24.7 Å². The molecule has 2 N–H and O–H groups in total. The topological polar surface area (TPSA) is 69.8 Å². The molecule has 1 aromatic heterocycles. The number of aromatic amines is 1. The fourth-order valence-electron chi connectivity index (χ4n) is 4.49. The molecule has 8 heteroatoms. The Morgan fingerprint density at radius 2 is 1.91 bits per heavy atom. The summed E-state index contributed by atoms with van der Waals surface area (Å²) in [5.41, 5.74) is 4.65. The maximum absolute atomic E-state index is 13.0. The maximum atomic E-state index is 13.0. The van der Waals surface area contributed by atoms with Gasteiger partial charge in [0.25, 0.3) is 5.56 Å². The number of hydrogen-bond donors (Lipinski definition) is 2. The van der Waals surface area contributed by atoms with E-state index < -0.39 is 0 Å². The quantitative estimate of drug-likeness (QED) is 0.458. The van der Waals surface area contributed by atoms with Crippen molar-refractivity contribution in [2.45, 2.75) is 26.8 Å². The number of rotatable bonds is 8. The van der Waals surface area contributed by atoms with Crippen LogP contribution in [0.1, 0.15) is 23.1 Å². The lowest BCUT2D eigenvalue weighted by molar-refractivity contribution is 0.0367. The van der Waals surface area contributed by atoms with Gasteiger partial charge in [-0.05, 0) is 79.8 Å². The number of ether oxygens (including phenoxy) is 2. The van der Waals surface area contributed by atoms with Gasteiger partial charge in [0, 0.05) is 37.4 Å². The second kappa shape index (κ2) is 11.7. The molecule has 2 heterocycles. The Kier molecular flexibility index (Phi) is 8.38. The Balaban J connectivity index is 1.53. The van der Waals surface area contributed by atoms with Crippen LogP contribution in [-0.4, -0.2) is 66.4 Å². The minimum atomic E-state index is -0.0742. The van der Waals surface area contributed by atoms with Crippen molar-refractivity contribution in [2.24, 2.45) is 0 Å². The number of nitrogens with zero attached hydrogens (tertiary/aromatic N) is 2. The number of anilines is 1. The van der Waals surface area contributed by atoms with Gasteiger partial charge in [-0.25, -0.2) is 0 Å². The van der Waals surface area contributed by atoms with Crippen molar-refractivity contribution in [3.63, 3.8) is 0 Å². The van der Waals surface area contributed by atoms with Crippen molar-refractivity contribution < 1.29 is 9.47 Å². The molecule has 0 aliphatic carbocycles. The molecule has 0 saturated carbocycles. The number of H-pyrrole nitrogens is 1. The molecular weight excluding hydrogens is 460 g/mol. The number of fused-ring (bicyclic) bond motifs is 1. The van der Waals surface area contributed by atoms with Crippen LogP contribution in [0.25, 0.3) is 10.9 Å². The predicted octanol–water partition coefficient (Wildman–Crippen LogP) is 4.07. The van der Waals surface area contributed by atoms with Gasteiger partial charge in [0.15, 0.2) is 5.11 Å². The zero-order valence-corrected chi connectivity index (χ0v) is 21.5. The van der Waals surface area contributed by atoms with E-state index in [0.29, 0.717) is 17.2 Å². The van der Waals surface area contributed by atoms with Gasteiger partial charge in [0.1, 0.15) is 5.75 Å². The normalized spacial score (nSPS) is 14.1. The van der Waals surface area contributed by atoms with Crippen LogP contribution in [0.5, 0.6) is 5.75 Å². The van der Waals surface area contributed by atoms with Crippen molar-refractivity contribution >= 4 is 33.9 Å². The van der Waals surface area contributed by atoms with Crippen LogP contribution in [0, 0.1) is 13.8 Å². The van der Waals surface area contributed by atoms with E-state index in [1.54, 1.807) is 7.11 Å². The lowest BCUT2D eigenvalue weighted by Crippen LogP contribution is -2.40. The number of morpholine rings is 1. The number of nitrogens with one attached hydrogen (secondary N) is 2. The van der Waals surface area contributed by atoms with E-state index in [1.165, 1.54) is 5.56 Å². The molecule has 1 fully saturated rings. The molecule has 35 heavy (non-hydrogen) atoms. The first-order valence-corrected chi connectivity index (χ1v) is 12.5. The highest BCUT2D eigenvalue weighted by Gasteiger charge is 2.16. The first-order chi connectivity index (χ1) is 16.9. The SMILES string of the molecule is COc1ccc(NC(=S)N(CCCN2CCOCC2)Cc2cc3cc(C)cc(C)c3[nH]c2=O)cc1. The third-order valence-electron chi connectivity index (χ3n) is 6.37. The van der Waals surface area contributed by atoms with Crippen LogP contribution in [0.15, 0.2) is 47.3 Å². The molecule has 7 nitrogen and oxygen atoms in total. The molecule has 4 rings (SSSR count). The third-order valence-corrected chi connectivity index (χ3v) is 6.73. The smallest absolute Gasteiger partial charge is 0.253 e. The summed E-state index contributed by atoms with van der Waals surface area (Å²) in [6, 6.07) is 13.9. The number of aromatic nitrogens is 1. The summed E-state index contributed by atoms with van der Waals surface area (Å²) in [6.07, 6.45) is 0.939. The number of pyridine rings is 1. The van der Waals surface area contributed by atoms with Gasteiger partial charge >= 0.3 is 0 Å². The molecule has 0 spiro atoms. The highest BCUT2D eigenvalue weighted by molar-refractivity contribution is 7.80. The number of methoxy groups -OCH3 is 1. The summed E-state index contributed by atoms with van der Waals surface area (Å²) < 4.78 is 10.7. The molecule has 186 valence electrons. The lowest BCUT2D eigenvalue weighted by atomic mass is 10.1. The summed E-state index contributed by atoms with van der Waals surface area (Å²) in [6.45, 7) is 9.72. The zero-order valence-electron chi connectivity index (χ0n) is 20.7. The highest BCUT2D eigenvalue weighted by Crippen LogP contribution is 2.20. The van der Waals surface area contributed by atoms with Crippen LogP contribution < -0.4 is 15.6 Å². The van der Waals surface area contributed by atoms with Crippen LogP contribution >= 0.6 is 12.2 Å². The van der Waals surface area contributed by atoms with Crippen molar-refractivity contribution in [1.82, 2.24) is 14.8 Å². The van der Waals surface area contributed by atoms with Gasteiger partial charge in [-0.3, -0.25) is 9.69 Å². The maximum Gasteiger partial charge on any atom is 0.253 e. The van der Waals surface area contributed by atoms with E-state index >= 15 is 0 Å². The van der Waals surface area contributed by atoms with E-state index in [4.69, 9.17) is 21.7 Å². The predicted molar refractivity (Wildman–Crippen MR) is 146 cm³/mol. The van der Waals surface area contributed by atoms with E-state index in [9.17, 15) is 4.79 Å². The van der Waals surface area contributed by atoms with Crippen molar-refractivity contribution in [2.75, 3.05) is 51.8 Å². The molecule has 3 aromatic rings. The number of benzene rings is 2. The molecule has 0 atom stereocenters. The van der Waals surface area contributed by atoms with Gasteiger partial charge in [0.05, 0.1) is 32.4 Å². The van der Waals surface area contributed by atoms with Gasteiger partial charge in [-0.1, -0.05) is 11.6 Å². The highest BCUT2D eigenvalue weighted by atomic mass is 32.1. The average molecular weight is 495 g/mol. The molecule has 0 unspecified atom stereocenters. The summed E-state index contributed by atoms with van der Waals surface area (Å²) in [5, 5.41) is 4.97. The van der Waals surface area contributed by atoms with Crippen LogP contribution in [0.4, 0.5) is 5.69 Å². The zero-order chi connectivity index (χ0) is 24.8. The van der Waals surface area contributed by atoms with Crippen molar-refractivity contribution in [3.05, 3.63) is 69.5 Å². The molecule has 0 radical (unpaired) electrons. The Bertz CT molecular complexity index is 1220. The second-order valence-electron chi connectivity index (χ2n) is 9.06. The Hall–Kier alpha value is -2.94. The molecule has 1 saturated heterocycles. The largest absolute Gasteiger partial charge is 0.497 e. The summed E-state index contributed by atoms with van der Waals surface area (Å²) >= 11 is 5.81. The Morgan fingerprint density at radius 3 is 2.63 bits per heavy atom. The molecule has 1 aliphatic rings. The average Bonchev–Trinajstić information content (AvgIpc) is 2.85. The van der Waals surface area contributed by atoms with Crippen molar-refractivity contribution in [1.29, 1.82) is 0 Å². The van der Waals surface area contributed by atoms with E-state index in [0.717, 1.165) is 73.7 Å². The lowest BCUT2D eigenvalue weighted by Gasteiger charge is -2.29. The first kappa shape index (κ1) is 25.2. The Labute approximate surface area is 212 Å². The first-order valence-electron chi connectivity index (χ1n) is 12.1. The van der Waals surface area contributed by atoms with Gasteiger partial charge in [-0.15, -0.1) is 0 Å².